The fraction of sp³-hybridized carbons (Fsp3) is 0.300. The zero-order valence-electron chi connectivity index (χ0n) is 14.3. The van der Waals surface area contributed by atoms with Crippen LogP contribution in [0.1, 0.15) is 35.1 Å². The number of aromatic nitrogens is 1. The van der Waals surface area contributed by atoms with E-state index in [0.29, 0.717) is 24.2 Å². The van der Waals surface area contributed by atoms with Gasteiger partial charge in [0.05, 0.1) is 0 Å². The lowest BCUT2D eigenvalue weighted by atomic mass is 9.90. The van der Waals surface area contributed by atoms with E-state index in [1.807, 2.05) is 17.4 Å². The average molecular weight is 371 g/mol. The Kier molecular flexibility index (Phi) is 4.66. The number of rotatable bonds is 4. The third-order valence-corrected chi connectivity index (χ3v) is 5.27. The topological polar surface area (TPSA) is 82.8 Å². The van der Waals surface area contributed by atoms with Crippen LogP contribution in [-0.2, 0) is 25.9 Å². The van der Waals surface area contributed by atoms with Crippen molar-refractivity contribution in [2.24, 2.45) is 0 Å². The van der Waals surface area contributed by atoms with E-state index in [0.717, 1.165) is 47.8 Å². The summed E-state index contributed by atoms with van der Waals surface area (Å²) in [5.74, 6) is -0.260. The molecule has 2 aromatic heterocycles. The molecule has 26 heavy (non-hydrogen) atoms. The van der Waals surface area contributed by atoms with Crippen LogP contribution < -0.4 is 16.0 Å². The van der Waals surface area contributed by atoms with E-state index >= 15 is 0 Å². The number of quaternary nitrogens is 1. The number of hydrogen-bond donors (Lipinski definition) is 1. The Bertz CT molecular complexity index is 1020. The molecule has 0 atom stereocenters. The molecule has 0 spiro atoms. The number of pyridine rings is 1. The van der Waals surface area contributed by atoms with Gasteiger partial charge in [-0.25, -0.2) is 4.79 Å². The highest BCUT2D eigenvalue weighted by Gasteiger charge is 2.21. The lowest BCUT2D eigenvalue weighted by Crippen LogP contribution is -2.80. The number of benzene rings is 1. The Hall–Kier alpha value is -2.37. The zero-order chi connectivity index (χ0) is 18.1. The lowest BCUT2D eigenvalue weighted by molar-refractivity contribution is -0.686. The predicted molar refractivity (Wildman–Crippen MR) is 97.2 cm³/mol. The van der Waals surface area contributed by atoms with E-state index in [9.17, 15) is 9.90 Å². The molecule has 1 aliphatic carbocycles. The number of fused-ring (bicyclic) bond motifs is 3. The predicted octanol–water partition coefficient (Wildman–Crippen LogP) is 2.06. The second kappa shape index (κ2) is 7.09. The molecule has 0 radical (unpaired) electrons. The molecule has 3 aromatic rings. The molecular formula is C20H19ClN2O3. The van der Waals surface area contributed by atoms with Crippen molar-refractivity contribution < 1.29 is 14.8 Å². The van der Waals surface area contributed by atoms with Crippen molar-refractivity contribution in [2.75, 3.05) is 0 Å². The van der Waals surface area contributed by atoms with Gasteiger partial charge < -0.3 is 14.8 Å². The molecule has 5 nitrogen and oxygen atoms in total. The number of nitrogens with zero attached hydrogens (tertiary/aromatic N) is 1. The normalized spacial score (nSPS) is 13.7. The van der Waals surface area contributed by atoms with E-state index in [2.05, 4.69) is 4.98 Å². The van der Waals surface area contributed by atoms with Crippen molar-refractivity contribution in [1.29, 1.82) is 0 Å². The van der Waals surface area contributed by atoms with Gasteiger partial charge in [-0.2, -0.15) is 0 Å². The number of hydrogen-bond acceptors (Lipinski definition) is 4. The minimum Gasteiger partial charge on any atom is -0.871 e. The Morgan fingerprint density at radius 3 is 2.65 bits per heavy atom. The molecule has 0 amide bonds. The standard InChI is InChI=1S/C20H19ClN2O3/c21-17-9-15-13-3-1-2-4-14(13)20(25)26-19(15)16(18(17)24)11-23-10-12-5-7-22-8-6-12/h5-9,23-24H,1-4,10-11H2. The summed E-state index contributed by atoms with van der Waals surface area (Å²) in [7, 11) is 0. The zero-order valence-corrected chi connectivity index (χ0v) is 15.0. The third kappa shape index (κ3) is 3.08. The molecule has 0 bridgehead atoms. The van der Waals surface area contributed by atoms with Gasteiger partial charge >= 0.3 is 5.63 Å². The van der Waals surface area contributed by atoms with Crippen LogP contribution in [0.5, 0.6) is 5.75 Å². The fourth-order valence-electron chi connectivity index (χ4n) is 3.68. The maximum atomic E-state index is 12.6. The summed E-state index contributed by atoms with van der Waals surface area (Å²) in [6, 6.07) is 5.53. The monoisotopic (exact) mass is 370 g/mol. The van der Waals surface area contributed by atoms with Gasteiger partial charge in [-0.3, -0.25) is 4.98 Å². The second-order valence-electron chi connectivity index (χ2n) is 6.65. The molecule has 1 aromatic carbocycles. The third-order valence-electron chi connectivity index (χ3n) is 4.99. The Morgan fingerprint density at radius 1 is 1.15 bits per heavy atom. The van der Waals surface area contributed by atoms with Crippen LogP contribution in [0.3, 0.4) is 0 Å². The highest BCUT2D eigenvalue weighted by molar-refractivity contribution is 6.33. The van der Waals surface area contributed by atoms with Crippen LogP contribution in [0.15, 0.2) is 39.8 Å². The van der Waals surface area contributed by atoms with Crippen molar-refractivity contribution in [1.82, 2.24) is 4.98 Å². The van der Waals surface area contributed by atoms with E-state index in [-0.39, 0.29) is 16.4 Å². The fourth-order valence-corrected chi connectivity index (χ4v) is 3.90. The van der Waals surface area contributed by atoms with Gasteiger partial charge in [-0.15, -0.1) is 0 Å². The minimum absolute atomic E-state index is 0.187. The van der Waals surface area contributed by atoms with Gasteiger partial charge in [0.2, 0.25) is 0 Å². The molecule has 0 saturated carbocycles. The summed E-state index contributed by atoms with van der Waals surface area (Å²) < 4.78 is 5.59. The van der Waals surface area contributed by atoms with E-state index in [4.69, 9.17) is 16.0 Å². The summed E-state index contributed by atoms with van der Waals surface area (Å²) in [6.07, 6.45) is 7.06. The first-order valence-electron chi connectivity index (χ1n) is 8.82. The van der Waals surface area contributed by atoms with Gasteiger partial charge in [-0.1, -0.05) is 17.4 Å². The van der Waals surface area contributed by atoms with Gasteiger partial charge in [-0.05, 0) is 49.4 Å². The molecule has 1 aliphatic rings. The molecular weight excluding hydrogens is 352 g/mol. The molecule has 0 aliphatic heterocycles. The van der Waals surface area contributed by atoms with Gasteiger partial charge in [0.25, 0.3) is 0 Å². The van der Waals surface area contributed by atoms with E-state index in [1.54, 1.807) is 18.5 Å². The maximum Gasteiger partial charge on any atom is 0.339 e. The van der Waals surface area contributed by atoms with Crippen molar-refractivity contribution in [2.45, 2.75) is 38.8 Å². The van der Waals surface area contributed by atoms with Crippen LogP contribution >= 0.6 is 11.6 Å². The SMILES string of the molecule is O=c1oc2c(C[NH2+]Cc3ccncc3)c([O-])c(Cl)cc2c2c1CCCC2. The highest BCUT2D eigenvalue weighted by Crippen LogP contribution is 2.35. The van der Waals surface area contributed by atoms with Crippen LogP contribution in [0.4, 0.5) is 0 Å². The molecule has 2 heterocycles. The lowest BCUT2D eigenvalue weighted by Gasteiger charge is -2.21. The van der Waals surface area contributed by atoms with Crippen molar-refractivity contribution in [3.8, 4) is 5.75 Å². The first-order chi connectivity index (χ1) is 12.6. The Balaban J connectivity index is 1.74. The Labute approximate surface area is 155 Å². The van der Waals surface area contributed by atoms with Crippen LogP contribution in [-0.4, -0.2) is 4.98 Å². The average Bonchev–Trinajstić information content (AvgIpc) is 2.67. The van der Waals surface area contributed by atoms with Gasteiger partial charge in [0.1, 0.15) is 18.7 Å². The summed E-state index contributed by atoms with van der Waals surface area (Å²) in [6.45, 7) is 1.10. The summed E-state index contributed by atoms with van der Waals surface area (Å²) in [5.41, 5.74) is 3.40. The van der Waals surface area contributed by atoms with Crippen LogP contribution in [0.25, 0.3) is 11.0 Å². The summed E-state index contributed by atoms with van der Waals surface area (Å²) >= 11 is 6.22. The van der Waals surface area contributed by atoms with Gasteiger partial charge in [0, 0.05) is 39.5 Å². The minimum atomic E-state index is -0.315. The van der Waals surface area contributed by atoms with Crippen molar-refractivity contribution >= 4 is 22.6 Å². The largest absolute Gasteiger partial charge is 0.871 e. The smallest absolute Gasteiger partial charge is 0.339 e. The number of aryl methyl sites for hydroxylation is 1. The number of nitrogens with two attached hydrogens (primary N) is 1. The Morgan fingerprint density at radius 2 is 1.88 bits per heavy atom. The maximum absolute atomic E-state index is 12.6. The van der Waals surface area contributed by atoms with E-state index < -0.39 is 0 Å². The summed E-state index contributed by atoms with van der Waals surface area (Å²) in [5, 5.41) is 15.6. The second-order valence-corrected chi connectivity index (χ2v) is 7.06. The highest BCUT2D eigenvalue weighted by atomic mass is 35.5. The van der Waals surface area contributed by atoms with Crippen LogP contribution in [0.2, 0.25) is 5.02 Å². The molecule has 2 N–H and O–H groups in total. The van der Waals surface area contributed by atoms with Crippen molar-refractivity contribution in [3.05, 3.63) is 68.3 Å². The van der Waals surface area contributed by atoms with Crippen LogP contribution in [0, 0.1) is 0 Å². The van der Waals surface area contributed by atoms with E-state index in [1.165, 1.54) is 0 Å². The molecule has 4 rings (SSSR count). The molecule has 6 heteroatoms. The van der Waals surface area contributed by atoms with Crippen molar-refractivity contribution in [3.63, 3.8) is 0 Å². The molecule has 0 fully saturated rings. The quantitative estimate of drug-likeness (QED) is 0.712. The molecule has 0 saturated heterocycles. The first-order valence-corrected chi connectivity index (χ1v) is 9.20. The summed E-state index contributed by atoms with van der Waals surface area (Å²) in [4.78, 5) is 16.4. The first kappa shape index (κ1) is 17.1. The molecule has 134 valence electrons. The van der Waals surface area contributed by atoms with Gasteiger partial charge in [0.15, 0.2) is 0 Å². The molecule has 0 unspecified atom stereocenters. The number of halogens is 1.